The lowest BCUT2D eigenvalue weighted by Crippen LogP contribution is -2.37. The van der Waals surface area contributed by atoms with Crippen molar-refractivity contribution in [2.24, 2.45) is 5.41 Å². The van der Waals surface area contributed by atoms with Gasteiger partial charge in [-0.2, -0.15) is 0 Å². The van der Waals surface area contributed by atoms with Crippen molar-refractivity contribution < 1.29 is 13.9 Å². The molecule has 0 heterocycles. The largest absolute Gasteiger partial charge is 0.385 e. The molecule has 1 nitrogen and oxygen atoms in total. The Morgan fingerprint density at radius 1 is 1.12 bits per heavy atom. The molecule has 1 N–H and O–H groups in total. The van der Waals surface area contributed by atoms with E-state index in [1.165, 1.54) is 6.07 Å². The maximum Gasteiger partial charge on any atom is 0.159 e. The minimum absolute atomic E-state index is 0.294. The van der Waals surface area contributed by atoms with Crippen LogP contribution < -0.4 is 0 Å². The van der Waals surface area contributed by atoms with Crippen LogP contribution in [0.4, 0.5) is 8.78 Å². The quantitative estimate of drug-likeness (QED) is 0.778. The molecule has 0 saturated heterocycles. The maximum absolute atomic E-state index is 13.2. The third-order valence-electron chi connectivity index (χ3n) is 3.86. The number of hydrogen-bond acceptors (Lipinski definition) is 1. The molecule has 1 aliphatic rings. The molecule has 0 amide bonds. The van der Waals surface area contributed by atoms with Gasteiger partial charge in [0.1, 0.15) is 0 Å². The topological polar surface area (TPSA) is 20.2 Å². The van der Waals surface area contributed by atoms with E-state index in [-0.39, 0.29) is 5.41 Å². The van der Waals surface area contributed by atoms with Crippen LogP contribution in [0.5, 0.6) is 0 Å². The van der Waals surface area contributed by atoms with E-state index in [0.717, 1.165) is 25.0 Å². The SMILES string of the molecule is CC1(C)CCCC1(O)c1ccc(F)c(F)c1. The van der Waals surface area contributed by atoms with Gasteiger partial charge < -0.3 is 5.11 Å². The van der Waals surface area contributed by atoms with E-state index >= 15 is 0 Å². The molecule has 0 spiro atoms. The van der Waals surface area contributed by atoms with Crippen molar-refractivity contribution in [3.8, 4) is 0 Å². The van der Waals surface area contributed by atoms with Crippen LogP contribution >= 0.6 is 0 Å². The molecule has 1 aromatic carbocycles. The summed E-state index contributed by atoms with van der Waals surface area (Å²) in [5.74, 6) is -1.77. The Bertz CT molecular complexity index is 414. The highest BCUT2D eigenvalue weighted by Gasteiger charge is 2.48. The zero-order valence-electron chi connectivity index (χ0n) is 9.56. The molecular weight excluding hydrogens is 210 g/mol. The second-order valence-corrected chi connectivity index (χ2v) is 5.23. The van der Waals surface area contributed by atoms with E-state index in [2.05, 4.69) is 0 Å². The van der Waals surface area contributed by atoms with Crippen molar-refractivity contribution in [3.05, 3.63) is 35.4 Å². The van der Waals surface area contributed by atoms with Crippen LogP contribution in [-0.4, -0.2) is 5.11 Å². The molecule has 88 valence electrons. The van der Waals surface area contributed by atoms with Crippen LogP contribution in [0.1, 0.15) is 38.7 Å². The first-order valence-electron chi connectivity index (χ1n) is 5.55. The van der Waals surface area contributed by atoms with Crippen molar-refractivity contribution in [2.45, 2.75) is 38.7 Å². The standard InChI is InChI=1S/C13H16F2O/c1-12(2)6-3-7-13(12,16)9-4-5-10(14)11(15)8-9/h4-5,8,16H,3,6-7H2,1-2H3. The van der Waals surface area contributed by atoms with Gasteiger partial charge in [-0.15, -0.1) is 0 Å². The van der Waals surface area contributed by atoms with Crippen molar-refractivity contribution in [1.29, 1.82) is 0 Å². The maximum atomic E-state index is 13.2. The summed E-state index contributed by atoms with van der Waals surface area (Å²) in [5, 5.41) is 10.6. The molecule has 1 saturated carbocycles. The van der Waals surface area contributed by atoms with Gasteiger partial charge in [0.2, 0.25) is 0 Å². The summed E-state index contributed by atoms with van der Waals surface area (Å²) >= 11 is 0. The molecule has 1 atom stereocenters. The van der Waals surface area contributed by atoms with Crippen LogP contribution in [0.2, 0.25) is 0 Å². The molecule has 0 radical (unpaired) electrons. The summed E-state index contributed by atoms with van der Waals surface area (Å²) in [6.45, 7) is 3.92. The molecular formula is C13H16F2O. The summed E-state index contributed by atoms with van der Waals surface area (Å²) in [4.78, 5) is 0. The number of benzene rings is 1. The first-order chi connectivity index (χ1) is 7.37. The minimum Gasteiger partial charge on any atom is -0.385 e. The normalized spacial score (nSPS) is 28.3. The van der Waals surface area contributed by atoms with Gasteiger partial charge in [0.05, 0.1) is 5.60 Å². The van der Waals surface area contributed by atoms with Gasteiger partial charge in [0.25, 0.3) is 0 Å². The van der Waals surface area contributed by atoms with Crippen LogP contribution in [0.25, 0.3) is 0 Å². The van der Waals surface area contributed by atoms with E-state index in [0.29, 0.717) is 12.0 Å². The lowest BCUT2D eigenvalue weighted by atomic mass is 9.73. The fourth-order valence-corrected chi connectivity index (χ4v) is 2.62. The van der Waals surface area contributed by atoms with Crippen LogP contribution in [0.15, 0.2) is 18.2 Å². The number of hydrogen-bond donors (Lipinski definition) is 1. The van der Waals surface area contributed by atoms with E-state index < -0.39 is 17.2 Å². The molecule has 3 heteroatoms. The van der Waals surface area contributed by atoms with E-state index in [4.69, 9.17) is 0 Å². The van der Waals surface area contributed by atoms with Crippen molar-refractivity contribution in [2.75, 3.05) is 0 Å². The predicted octanol–water partition coefficient (Wildman–Crippen LogP) is 3.36. The molecule has 1 aliphatic carbocycles. The highest BCUT2D eigenvalue weighted by atomic mass is 19.2. The zero-order valence-corrected chi connectivity index (χ0v) is 9.56. The third-order valence-corrected chi connectivity index (χ3v) is 3.86. The number of rotatable bonds is 1. The molecule has 0 aromatic heterocycles. The molecule has 16 heavy (non-hydrogen) atoms. The van der Waals surface area contributed by atoms with Crippen LogP contribution in [0, 0.1) is 17.0 Å². The molecule has 1 unspecified atom stereocenters. The molecule has 1 aromatic rings. The fraction of sp³-hybridized carbons (Fsp3) is 0.538. The first kappa shape index (κ1) is 11.5. The van der Waals surface area contributed by atoms with Gasteiger partial charge in [-0.3, -0.25) is 0 Å². The number of aliphatic hydroxyl groups is 1. The summed E-state index contributed by atoms with van der Waals surface area (Å²) in [6, 6.07) is 3.67. The Morgan fingerprint density at radius 2 is 1.81 bits per heavy atom. The zero-order chi connectivity index (χ0) is 12.0. The van der Waals surface area contributed by atoms with Crippen LogP contribution in [-0.2, 0) is 5.60 Å². The van der Waals surface area contributed by atoms with Gasteiger partial charge in [-0.25, -0.2) is 8.78 Å². The first-order valence-corrected chi connectivity index (χ1v) is 5.55. The second kappa shape index (κ2) is 3.52. The van der Waals surface area contributed by atoms with Gasteiger partial charge in [-0.05, 0) is 42.4 Å². The summed E-state index contributed by atoms with van der Waals surface area (Å²) in [6.07, 6.45) is 2.40. The van der Waals surface area contributed by atoms with Crippen molar-refractivity contribution in [1.82, 2.24) is 0 Å². The summed E-state index contributed by atoms with van der Waals surface area (Å²) in [5.41, 5.74) is -0.854. The monoisotopic (exact) mass is 226 g/mol. The van der Waals surface area contributed by atoms with E-state index in [1.54, 1.807) is 0 Å². The fourth-order valence-electron chi connectivity index (χ4n) is 2.62. The Labute approximate surface area is 94.1 Å². The second-order valence-electron chi connectivity index (χ2n) is 5.23. The highest BCUT2D eigenvalue weighted by molar-refractivity contribution is 5.27. The Balaban J connectivity index is 2.47. The van der Waals surface area contributed by atoms with Crippen molar-refractivity contribution >= 4 is 0 Å². The molecule has 2 rings (SSSR count). The minimum atomic E-state index is -1.04. The third kappa shape index (κ3) is 1.54. The summed E-state index contributed by atoms with van der Waals surface area (Å²) in [7, 11) is 0. The van der Waals surface area contributed by atoms with Gasteiger partial charge >= 0.3 is 0 Å². The van der Waals surface area contributed by atoms with E-state index in [1.807, 2.05) is 13.8 Å². The number of halogens is 2. The van der Waals surface area contributed by atoms with Crippen molar-refractivity contribution in [3.63, 3.8) is 0 Å². The average Bonchev–Trinajstić information content (AvgIpc) is 2.47. The molecule has 1 fully saturated rings. The Hall–Kier alpha value is -0.960. The van der Waals surface area contributed by atoms with Gasteiger partial charge in [0.15, 0.2) is 11.6 Å². The van der Waals surface area contributed by atoms with Crippen LogP contribution in [0.3, 0.4) is 0 Å². The summed E-state index contributed by atoms with van der Waals surface area (Å²) < 4.78 is 26.0. The average molecular weight is 226 g/mol. The Morgan fingerprint density at radius 3 is 2.31 bits per heavy atom. The van der Waals surface area contributed by atoms with Gasteiger partial charge in [0, 0.05) is 0 Å². The lowest BCUT2D eigenvalue weighted by molar-refractivity contribution is -0.0487. The predicted molar refractivity (Wildman–Crippen MR) is 57.9 cm³/mol. The van der Waals surface area contributed by atoms with E-state index in [9.17, 15) is 13.9 Å². The molecule has 0 bridgehead atoms. The smallest absolute Gasteiger partial charge is 0.159 e. The molecule has 0 aliphatic heterocycles. The van der Waals surface area contributed by atoms with Gasteiger partial charge in [-0.1, -0.05) is 19.9 Å². The highest BCUT2D eigenvalue weighted by Crippen LogP contribution is 2.52. The Kier molecular flexibility index (Phi) is 2.54. The lowest BCUT2D eigenvalue weighted by Gasteiger charge is -2.37.